The van der Waals surface area contributed by atoms with Gasteiger partial charge in [0.25, 0.3) is 0 Å². The number of ether oxygens (including phenoxy) is 1. The maximum Gasteiger partial charge on any atom is 0.223 e. The van der Waals surface area contributed by atoms with Crippen LogP contribution in [0, 0.1) is 6.92 Å². The molecule has 1 aromatic carbocycles. The average molecular weight is 344 g/mol. The van der Waals surface area contributed by atoms with Crippen molar-refractivity contribution in [3.05, 3.63) is 47.9 Å². The van der Waals surface area contributed by atoms with E-state index in [9.17, 15) is 9.90 Å². The monoisotopic (exact) mass is 344 g/mol. The molecule has 1 aromatic heterocycles. The third-order valence-corrected chi connectivity index (χ3v) is 4.51. The summed E-state index contributed by atoms with van der Waals surface area (Å²) in [5.74, 6) is 1.45. The van der Waals surface area contributed by atoms with Crippen molar-refractivity contribution in [3.63, 3.8) is 0 Å². The number of nitrogens with zero attached hydrogens (tertiary/aromatic N) is 2. The van der Waals surface area contributed by atoms with Crippen LogP contribution in [-0.2, 0) is 11.2 Å². The Kier molecular flexibility index (Phi) is 5.38. The van der Waals surface area contributed by atoms with Crippen molar-refractivity contribution in [2.24, 2.45) is 0 Å². The number of likely N-dealkylation sites (tertiary alicyclic amines) is 1. The van der Waals surface area contributed by atoms with Crippen molar-refractivity contribution in [2.45, 2.75) is 38.2 Å². The Labute approximate surface area is 147 Å². The van der Waals surface area contributed by atoms with E-state index in [1.807, 2.05) is 31.2 Å². The number of hydrogen-bond donors (Lipinski definition) is 1. The number of β-amino-alcohol motifs (C(OH)–C–C–N with tert-alkyl or cyclic N) is 1. The molecule has 134 valence electrons. The fourth-order valence-electron chi connectivity index (χ4n) is 3.05. The molecule has 1 saturated heterocycles. The molecule has 1 amide bonds. The lowest BCUT2D eigenvalue weighted by Gasteiger charge is -2.39. The number of aromatic nitrogens is 1. The van der Waals surface area contributed by atoms with Gasteiger partial charge in [-0.15, -0.1) is 0 Å². The SMILES string of the molecule is Cc1ccc(OC[C@@]2(O)CCCN(C(=O)CCc3ccno3)C2)cc1. The van der Waals surface area contributed by atoms with Crippen molar-refractivity contribution in [3.8, 4) is 5.75 Å². The molecule has 0 aliphatic carbocycles. The van der Waals surface area contributed by atoms with Crippen LogP contribution in [0.2, 0.25) is 0 Å². The topological polar surface area (TPSA) is 75.8 Å². The molecule has 0 saturated carbocycles. The van der Waals surface area contributed by atoms with E-state index in [-0.39, 0.29) is 12.5 Å². The number of aryl methyl sites for hydroxylation is 2. The molecule has 0 spiro atoms. The Balaban J connectivity index is 1.51. The maximum absolute atomic E-state index is 12.4. The summed E-state index contributed by atoms with van der Waals surface area (Å²) < 4.78 is 10.8. The van der Waals surface area contributed by atoms with Crippen molar-refractivity contribution >= 4 is 5.91 Å². The second-order valence-corrected chi connectivity index (χ2v) is 6.72. The molecular weight excluding hydrogens is 320 g/mol. The Hall–Kier alpha value is -2.34. The molecule has 6 nitrogen and oxygen atoms in total. The molecule has 2 heterocycles. The highest BCUT2D eigenvalue weighted by molar-refractivity contribution is 5.76. The number of carbonyl (C=O) groups is 1. The number of amides is 1. The second kappa shape index (κ2) is 7.70. The van der Waals surface area contributed by atoms with E-state index in [1.54, 1.807) is 17.2 Å². The summed E-state index contributed by atoms with van der Waals surface area (Å²) in [6.45, 7) is 3.17. The van der Waals surface area contributed by atoms with Crippen molar-refractivity contribution in [1.29, 1.82) is 0 Å². The van der Waals surface area contributed by atoms with Gasteiger partial charge in [0.15, 0.2) is 0 Å². The molecule has 1 aliphatic rings. The van der Waals surface area contributed by atoms with Crippen molar-refractivity contribution < 1.29 is 19.2 Å². The van der Waals surface area contributed by atoms with Crippen LogP contribution in [0.5, 0.6) is 5.75 Å². The molecule has 1 aliphatic heterocycles. The molecule has 1 fully saturated rings. The predicted octanol–water partition coefficient (Wildman–Crippen LogP) is 2.35. The van der Waals surface area contributed by atoms with Crippen LogP contribution in [0.1, 0.15) is 30.6 Å². The van der Waals surface area contributed by atoms with Crippen molar-refractivity contribution in [1.82, 2.24) is 10.1 Å². The maximum atomic E-state index is 12.4. The van der Waals surface area contributed by atoms with Crippen LogP contribution in [0.3, 0.4) is 0 Å². The van der Waals surface area contributed by atoms with Crippen LogP contribution in [-0.4, -0.2) is 46.4 Å². The van der Waals surface area contributed by atoms with Gasteiger partial charge in [0.05, 0.1) is 12.7 Å². The summed E-state index contributed by atoms with van der Waals surface area (Å²) in [5.41, 5.74) is 0.151. The molecule has 3 rings (SSSR count). The summed E-state index contributed by atoms with van der Waals surface area (Å²) in [6, 6.07) is 9.48. The molecule has 1 atom stereocenters. The third-order valence-electron chi connectivity index (χ3n) is 4.51. The highest BCUT2D eigenvalue weighted by Crippen LogP contribution is 2.24. The molecule has 0 radical (unpaired) electrons. The van der Waals surface area contributed by atoms with E-state index in [0.717, 1.165) is 17.7 Å². The van der Waals surface area contributed by atoms with Gasteiger partial charge >= 0.3 is 0 Å². The molecule has 2 aromatic rings. The summed E-state index contributed by atoms with van der Waals surface area (Å²) in [6.07, 6.45) is 3.84. The van der Waals surface area contributed by atoms with Gasteiger partial charge in [-0.25, -0.2) is 0 Å². The van der Waals surface area contributed by atoms with Crippen LogP contribution in [0.15, 0.2) is 41.1 Å². The van der Waals surface area contributed by atoms with E-state index in [1.165, 1.54) is 0 Å². The summed E-state index contributed by atoms with van der Waals surface area (Å²) in [5, 5.41) is 14.4. The Bertz CT molecular complexity index is 684. The molecule has 25 heavy (non-hydrogen) atoms. The van der Waals surface area contributed by atoms with Gasteiger partial charge in [0, 0.05) is 25.5 Å². The molecule has 1 N–H and O–H groups in total. The first kappa shape index (κ1) is 17.5. The molecule has 0 unspecified atom stereocenters. The van der Waals surface area contributed by atoms with E-state index in [0.29, 0.717) is 38.1 Å². The van der Waals surface area contributed by atoms with Gasteiger partial charge in [-0.2, -0.15) is 0 Å². The van der Waals surface area contributed by atoms with Gasteiger partial charge in [-0.05, 0) is 31.9 Å². The zero-order valence-corrected chi connectivity index (χ0v) is 14.5. The predicted molar refractivity (Wildman–Crippen MR) is 92.3 cm³/mol. The normalized spacial score (nSPS) is 20.5. The Morgan fingerprint density at radius 1 is 1.36 bits per heavy atom. The van der Waals surface area contributed by atoms with Crippen LogP contribution < -0.4 is 4.74 Å². The van der Waals surface area contributed by atoms with E-state index in [2.05, 4.69) is 5.16 Å². The highest BCUT2D eigenvalue weighted by Gasteiger charge is 2.36. The van der Waals surface area contributed by atoms with Gasteiger partial charge in [-0.3, -0.25) is 4.79 Å². The third kappa shape index (κ3) is 4.82. The van der Waals surface area contributed by atoms with E-state index >= 15 is 0 Å². The Morgan fingerprint density at radius 3 is 2.88 bits per heavy atom. The van der Waals surface area contributed by atoms with Crippen molar-refractivity contribution in [2.75, 3.05) is 19.7 Å². The first-order valence-corrected chi connectivity index (χ1v) is 8.63. The van der Waals surface area contributed by atoms with E-state index in [4.69, 9.17) is 9.26 Å². The van der Waals surface area contributed by atoms with Gasteiger partial charge < -0.3 is 19.3 Å². The number of carbonyl (C=O) groups excluding carboxylic acids is 1. The average Bonchev–Trinajstić information content (AvgIpc) is 3.13. The number of benzene rings is 1. The molecule has 6 heteroatoms. The lowest BCUT2D eigenvalue weighted by atomic mass is 9.93. The minimum Gasteiger partial charge on any atom is -0.491 e. The summed E-state index contributed by atoms with van der Waals surface area (Å²) in [7, 11) is 0. The van der Waals surface area contributed by atoms with Crippen LogP contribution in [0.25, 0.3) is 0 Å². The molecular formula is C19H24N2O4. The standard InChI is InChI=1S/C19H24N2O4/c1-15-3-5-16(6-4-15)24-14-19(23)10-2-12-21(13-19)18(22)8-7-17-9-11-20-25-17/h3-6,9,11,23H,2,7-8,10,12-14H2,1H3/t19-/m1/s1. The number of rotatable bonds is 6. The first-order valence-electron chi connectivity index (χ1n) is 8.63. The van der Waals surface area contributed by atoms with Gasteiger partial charge in [-0.1, -0.05) is 22.9 Å². The quantitative estimate of drug-likeness (QED) is 0.870. The lowest BCUT2D eigenvalue weighted by Crippen LogP contribution is -2.53. The fraction of sp³-hybridized carbons (Fsp3) is 0.474. The minimum absolute atomic E-state index is 0.0184. The highest BCUT2D eigenvalue weighted by atomic mass is 16.5. The van der Waals surface area contributed by atoms with Gasteiger partial charge in [0.2, 0.25) is 5.91 Å². The summed E-state index contributed by atoms with van der Waals surface area (Å²) in [4.78, 5) is 14.1. The Morgan fingerprint density at radius 2 is 2.16 bits per heavy atom. The van der Waals surface area contributed by atoms with Crippen LogP contribution >= 0.6 is 0 Å². The number of aliphatic hydroxyl groups is 1. The fourth-order valence-corrected chi connectivity index (χ4v) is 3.05. The van der Waals surface area contributed by atoms with Gasteiger partial charge in [0.1, 0.15) is 23.7 Å². The molecule has 0 bridgehead atoms. The lowest BCUT2D eigenvalue weighted by molar-refractivity contribution is -0.140. The smallest absolute Gasteiger partial charge is 0.223 e. The van der Waals surface area contributed by atoms with Crippen LogP contribution in [0.4, 0.5) is 0 Å². The zero-order valence-electron chi connectivity index (χ0n) is 14.5. The minimum atomic E-state index is -1.01. The first-order chi connectivity index (χ1) is 12.0. The largest absolute Gasteiger partial charge is 0.491 e. The van der Waals surface area contributed by atoms with E-state index < -0.39 is 5.60 Å². The number of hydrogen-bond acceptors (Lipinski definition) is 5. The second-order valence-electron chi connectivity index (χ2n) is 6.72. The zero-order chi connectivity index (χ0) is 17.7. The summed E-state index contributed by atoms with van der Waals surface area (Å²) >= 11 is 0. The number of piperidine rings is 1.